The Morgan fingerprint density at radius 1 is 1.17 bits per heavy atom. The van der Waals surface area contributed by atoms with Gasteiger partial charge in [-0.1, -0.05) is 50.2 Å². The van der Waals surface area contributed by atoms with Crippen LogP contribution < -0.4 is 5.32 Å². The van der Waals surface area contributed by atoms with Crippen molar-refractivity contribution < 1.29 is 13.9 Å². The predicted molar refractivity (Wildman–Crippen MR) is 115 cm³/mol. The molecule has 0 radical (unpaired) electrons. The molecule has 30 heavy (non-hydrogen) atoms. The zero-order chi connectivity index (χ0) is 20.9. The Kier molecular flexibility index (Phi) is 4.81. The summed E-state index contributed by atoms with van der Waals surface area (Å²) in [4.78, 5) is 15.2. The molecule has 5 heteroatoms. The van der Waals surface area contributed by atoms with Crippen LogP contribution in [0.3, 0.4) is 0 Å². The van der Waals surface area contributed by atoms with Crippen molar-refractivity contribution >= 4 is 6.09 Å². The van der Waals surface area contributed by atoms with E-state index in [9.17, 15) is 9.18 Å². The summed E-state index contributed by atoms with van der Waals surface area (Å²) in [5.41, 5.74) is 3.61. The van der Waals surface area contributed by atoms with Gasteiger partial charge in [0.05, 0.1) is 6.04 Å². The molecule has 3 heterocycles. The number of piperidine rings is 3. The fraction of sp³-hybridized carbons (Fsp3) is 0.480. The third-order valence-electron chi connectivity index (χ3n) is 7.18. The van der Waals surface area contributed by atoms with Crippen LogP contribution in [-0.2, 0) is 11.2 Å². The number of carbonyl (C=O) groups is 1. The zero-order valence-electron chi connectivity index (χ0n) is 17.7. The van der Waals surface area contributed by atoms with Crippen molar-refractivity contribution in [1.29, 1.82) is 0 Å². The topological polar surface area (TPSA) is 41.6 Å². The average molecular weight is 409 g/mol. The van der Waals surface area contributed by atoms with Gasteiger partial charge in [-0.2, -0.15) is 0 Å². The molecule has 1 N–H and O–H groups in total. The first-order valence-corrected chi connectivity index (χ1v) is 11.0. The van der Waals surface area contributed by atoms with Crippen molar-refractivity contribution in [2.24, 2.45) is 11.3 Å². The van der Waals surface area contributed by atoms with Crippen molar-refractivity contribution in [2.45, 2.75) is 45.3 Å². The van der Waals surface area contributed by atoms with E-state index < -0.39 is 0 Å². The summed E-state index contributed by atoms with van der Waals surface area (Å²) in [7, 11) is 0. The summed E-state index contributed by atoms with van der Waals surface area (Å²) in [6, 6.07) is 12.8. The Morgan fingerprint density at radius 3 is 2.63 bits per heavy atom. The van der Waals surface area contributed by atoms with Crippen LogP contribution in [0.1, 0.15) is 43.9 Å². The van der Waals surface area contributed by atoms with E-state index in [2.05, 4.69) is 30.1 Å². The molecule has 1 unspecified atom stereocenters. The minimum absolute atomic E-state index is 0.0000764. The van der Waals surface area contributed by atoms with Crippen LogP contribution in [0.5, 0.6) is 0 Å². The minimum Gasteiger partial charge on any atom is -0.445 e. The fourth-order valence-electron chi connectivity index (χ4n) is 5.52. The van der Waals surface area contributed by atoms with Gasteiger partial charge in [0.15, 0.2) is 0 Å². The van der Waals surface area contributed by atoms with E-state index in [4.69, 9.17) is 4.74 Å². The van der Waals surface area contributed by atoms with E-state index in [0.29, 0.717) is 11.5 Å². The largest absolute Gasteiger partial charge is 0.445 e. The number of hydrogen-bond donors (Lipinski definition) is 1. The molecule has 2 aromatic carbocycles. The molecule has 2 aromatic rings. The summed E-state index contributed by atoms with van der Waals surface area (Å²) in [5, 5.41) is 3.15. The van der Waals surface area contributed by atoms with Gasteiger partial charge in [-0.3, -0.25) is 4.90 Å². The number of hydrogen-bond acceptors (Lipinski definition) is 3. The number of carbonyl (C=O) groups excluding carboxylic acids is 1. The lowest BCUT2D eigenvalue weighted by atomic mass is 9.85. The van der Waals surface area contributed by atoms with E-state index in [0.717, 1.165) is 55.6 Å². The molecule has 1 aliphatic carbocycles. The van der Waals surface area contributed by atoms with Gasteiger partial charge in [0.25, 0.3) is 0 Å². The second-order valence-electron chi connectivity index (χ2n) is 9.72. The van der Waals surface area contributed by atoms with Crippen LogP contribution in [0.15, 0.2) is 42.5 Å². The van der Waals surface area contributed by atoms with Gasteiger partial charge in [0, 0.05) is 12.1 Å². The van der Waals surface area contributed by atoms with Crippen LogP contribution >= 0.6 is 0 Å². The van der Waals surface area contributed by atoms with E-state index >= 15 is 0 Å². The van der Waals surface area contributed by atoms with Gasteiger partial charge >= 0.3 is 6.09 Å². The number of fused-ring (bicyclic) bond motifs is 4. The predicted octanol–water partition coefficient (Wildman–Crippen LogP) is 4.94. The van der Waals surface area contributed by atoms with Gasteiger partial charge in [0.1, 0.15) is 11.9 Å². The van der Waals surface area contributed by atoms with Gasteiger partial charge in [-0.15, -0.1) is 0 Å². The molecule has 0 aromatic heterocycles. The van der Waals surface area contributed by atoms with E-state index in [1.807, 2.05) is 18.2 Å². The Labute approximate surface area is 177 Å². The highest BCUT2D eigenvalue weighted by Gasteiger charge is 2.42. The highest BCUT2D eigenvalue weighted by molar-refractivity contribution is 5.70. The number of rotatable bonds is 3. The number of halogens is 1. The molecule has 4 nitrogen and oxygen atoms in total. The van der Waals surface area contributed by atoms with Gasteiger partial charge in [0.2, 0.25) is 0 Å². The maximum atomic E-state index is 14.2. The van der Waals surface area contributed by atoms with Crippen LogP contribution in [0.4, 0.5) is 9.18 Å². The molecule has 3 saturated heterocycles. The number of nitrogens with one attached hydrogen (secondary N) is 1. The van der Waals surface area contributed by atoms with E-state index in [-0.39, 0.29) is 29.5 Å². The normalized spacial score (nSPS) is 28.8. The molecule has 6 rings (SSSR count). The number of benzene rings is 2. The maximum Gasteiger partial charge on any atom is 0.407 e. The number of alkyl carbamates (subject to hydrolysis) is 1. The van der Waals surface area contributed by atoms with Crippen LogP contribution in [-0.4, -0.2) is 36.7 Å². The Hall–Kier alpha value is -2.40. The van der Waals surface area contributed by atoms with E-state index in [1.165, 1.54) is 6.07 Å². The zero-order valence-corrected chi connectivity index (χ0v) is 17.7. The van der Waals surface area contributed by atoms with Gasteiger partial charge < -0.3 is 10.1 Å². The van der Waals surface area contributed by atoms with Crippen molar-refractivity contribution in [3.8, 4) is 11.1 Å². The lowest BCUT2D eigenvalue weighted by Gasteiger charge is -2.44. The fourth-order valence-corrected chi connectivity index (χ4v) is 5.52. The van der Waals surface area contributed by atoms with Gasteiger partial charge in [-0.25, -0.2) is 9.18 Å². The smallest absolute Gasteiger partial charge is 0.407 e. The lowest BCUT2D eigenvalue weighted by molar-refractivity contribution is -0.0348. The quantitative estimate of drug-likeness (QED) is 0.782. The molecule has 158 valence electrons. The highest BCUT2D eigenvalue weighted by Crippen LogP contribution is 2.46. The summed E-state index contributed by atoms with van der Waals surface area (Å²) in [5.74, 6) is 0.276. The Balaban J connectivity index is 1.34. The maximum absolute atomic E-state index is 14.2. The molecule has 3 fully saturated rings. The molecule has 3 aliphatic heterocycles. The third-order valence-corrected chi connectivity index (χ3v) is 7.18. The van der Waals surface area contributed by atoms with E-state index in [1.54, 1.807) is 12.1 Å². The number of amides is 1. The molecule has 1 amide bonds. The molecular formula is C25H29FN2O2. The summed E-state index contributed by atoms with van der Waals surface area (Å²) < 4.78 is 20.1. The van der Waals surface area contributed by atoms with Crippen molar-refractivity contribution in [2.75, 3.05) is 19.6 Å². The van der Waals surface area contributed by atoms with Crippen LogP contribution in [0, 0.1) is 17.2 Å². The number of ether oxygens (including phenoxy) is 1. The highest BCUT2D eigenvalue weighted by atomic mass is 19.1. The summed E-state index contributed by atoms with van der Waals surface area (Å²) >= 11 is 0. The second kappa shape index (κ2) is 7.38. The second-order valence-corrected chi connectivity index (χ2v) is 9.72. The van der Waals surface area contributed by atoms with Crippen LogP contribution in [0.2, 0.25) is 0 Å². The monoisotopic (exact) mass is 408 g/mol. The molecule has 0 saturated carbocycles. The molecule has 2 bridgehead atoms. The average Bonchev–Trinajstić information content (AvgIpc) is 2.98. The van der Waals surface area contributed by atoms with Crippen molar-refractivity contribution in [3.05, 3.63) is 59.4 Å². The molecule has 2 atom stereocenters. The first kappa shape index (κ1) is 19.6. The minimum atomic E-state index is -0.321. The molecule has 4 aliphatic rings. The van der Waals surface area contributed by atoms with Gasteiger partial charge in [-0.05, 0) is 66.4 Å². The first-order chi connectivity index (χ1) is 14.4. The Morgan fingerprint density at radius 2 is 1.93 bits per heavy atom. The summed E-state index contributed by atoms with van der Waals surface area (Å²) in [6.07, 6.45) is 2.75. The standard InChI is InChI=1S/C25H29FN2O2/c1-25(2)14-18-13-17(19-5-3-4-6-21(19)26)7-8-20(18)23(25)27-24(29)30-22-15-28-11-9-16(22)10-12-28/h3-8,13,16,22-23H,9-12,14-15H2,1-2H3,(H,27,29)/t22-,23?/m0/s1. The first-order valence-electron chi connectivity index (χ1n) is 11.0. The van der Waals surface area contributed by atoms with Crippen molar-refractivity contribution in [3.63, 3.8) is 0 Å². The van der Waals surface area contributed by atoms with Crippen LogP contribution in [0.25, 0.3) is 11.1 Å². The third kappa shape index (κ3) is 3.49. The Bertz CT molecular complexity index is 965. The van der Waals surface area contributed by atoms with Crippen molar-refractivity contribution in [1.82, 2.24) is 10.2 Å². The number of nitrogens with zero attached hydrogens (tertiary/aromatic N) is 1. The SMILES string of the molecule is CC1(C)Cc2cc(-c3ccccc3F)ccc2C1NC(=O)O[C@H]1CN2CCC1CC2. The molecule has 0 spiro atoms. The molecular weight excluding hydrogens is 379 g/mol. The summed E-state index contributed by atoms with van der Waals surface area (Å²) in [6.45, 7) is 7.43. The lowest BCUT2D eigenvalue weighted by Crippen LogP contribution is -2.53.